The lowest BCUT2D eigenvalue weighted by Crippen LogP contribution is -2.57. The molecule has 1 aliphatic rings. The van der Waals surface area contributed by atoms with Gasteiger partial charge in [0.25, 0.3) is 11.4 Å². The molecule has 2 heterocycles. The third-order valence-corrected chi connectivity index (χ3v) is 22.8. The van der Waals surface area contributed by atoms with Gasteiger partial charge in [0.05, 0.1) is 6.61 Å². The number of hydrogen-bond donors (Lipinski definition) is 1. The summed E-state index contributed by atoms with van der Waals surface area (Å²) in [7, 11) is -7.45. The second kappa shape index (κ2) is 10.7. The first-order valence-corrected chi connectivity index (χ1v) is 22.6. The lowest BCUT2D eigenvalue weighted by atomic mass is 10.1. The summed E-state index contributed by atoms with van der Waals surface area (Å²) in [5.74, 6) is -2.39. The van der Waals surface area contributed by atoms with E-state index in [0.717, 1.165) is 0 Å². The molecule has 226 valence electrons. The summed E-state index contributed by atoms with van der Waals surface area (Å²) in [5.41, 5.74) is -1.24. The van der Waals surface area contributed by atoms with Gasteiger partial charge in [-0.2, -0.15) is 0 Å². The number of hydrogen-bond acceptors (Lipinski definition) is 6. The Hall–Kier alpha value is -0.899. The smallest absolute Gasteiger partial charge is 0.330 e. The molecule has 39 heavy (non-hydrogen) atoms. The van der Waals surface area contributed by atoms with Crippen molar-refractivity contribution in [3.8, 4) is 0 Å². The van der Waals surface area contributed by atoms with Crippen LogP contribution in [0.25, 0.3) is 0 Å². The Morgan fingerprint density at radius 2 is 1.33 bits per heavy atom. The summed E-state index contributed by atoms with van der Waals surface area (Å²) in [5, 5.41) is -0.569. The van der Waals surface area contributed by atoms with E-state index < -0.39 is 60.5 Å². The largest absolute Gasteiger partial charge is 0.411 e. The van der Waals surface area contributed by atoms with Crippen molar-refractivity contribution in [3.63, 3.8) is 0 Å². The van der Waals surface area contributed by atoms with Crippen molar-refractivity contribution in [1.82, 2.24) is 9.55 Å². The minimum absolute atomic E-state index is 0.149. The fraction of sp³-hybridized carbons (Fsp3) is 0.852. The zero-order valence-electron chi connectivity index (χ0n) is 26.9. The maximum atomic E-state index is 17.4. The van der Waals surface area contributed by atoms with Crippen LogP contribution < -0.4 is 11.2 Å². The number of aromatic nitrogens is 2. The number of halogens is 1. The summed E-state index contributed by atoms with van der Waals surface area (Å²) in [4.78, 5) is 27.1. The summed E-state index contributed by atoms with van der Waals surface area (Å²) in [6.45, 7) is 30.9. The van der Waals surface area contributed by atoms with E-state index in [-0.39, 0.29) is 21.7 Å². The van der Waals surface area contributed by atoms with E-state index in [9.17, 15) is 9.59 Å². The number of aromatic amines is 1. The van der Waals surface area contributed by atoms with Crippen molar-refractivity contribution in [2.24, 2.45) is 0 Å². The highest BCUT2D eigenvalue weighted by Gasteiger charge is 2.63. The van der Waals surface area contributed by atoms with Crippen LogP contribution in [0.5, 0.6) is 0 Å². The molecule has 0 unspecified atom stereocenters. The van der Waals surface area contributed by atoms with E-state index in [2.05, 4.69) is 107 Å². The van der Waals surface area contributed by atoms with Gasteiger partial charge >= 0.3 is 5.69 Å². The Kier molecular flexibility index (Phi) is 9.45. The van der Waals surface area contributed by atoms with Crippen LogP contribution in [0.15, 0.2) is 21.9 Å². The van der Waals surface area contributed by atoms with E-state index in [0.29, 0.717) is 0 Å². The zero-order chi connectivity index (χ0) is 30.6. The van der Waals surface area contributed by atoms with Crippen molar-refractivity contribution in [3.05, 3.63) is 33.1 Å². The van der Waals surface area contributed by atoms with E-state index >= 15 is 4.39 Å². The van der Waals surface area contributed by atoms with Gasteiger partial charge in [-0.3, -0.25) is 14.3 Å². The topological polar surface area (TPSA) is 91.8 Å². The van der Waals surface area contributed by atoms with Gasteiger partial charge in [0.2, 0.25) is 0 Å². The second-order valence-corrected chi connectivity index (χ2v) is 29.8. The lowest BCUT2D eigenvalue weighted by Gasteiger charge is -2.45. The third kappa shape index (κ3) is 7.31. The Morgan fingerprint density at radius 3 is 1.77 bits per heavy atom. The van der Waals surface area contributed by atoms with Gasteiger partial charge in [-0.05, 0) is 54.4 Å². The molecule has 0 bridgehead atoms. The minimum atomic E-state index is -2.56. The Bertz CT molecular complexity index is 1130. The van der Waals surface area contributed by atoms with Crippen LogP contribution in [0.1, 0.15) is 68.5 Å². The number of nitrogens with zero attached hydrogens (tertiary/aromatic N) is 1. The summed E-state index contributed by atoms with van der Waals surface area (Å²) < 4.78 is 44.8. The van der Waals surface area contributed by atoms with Crippen LogP contribution in [0.2, 0.25) is 54.4 Å². The molecule has 12 heteroatoms. The van der Waals surface area contributed by atoms with Crippen molar-refractivity contribution in [2.45, 2.75) is 141 Å². The van der Waals surface area contributed by atoms with E-state index in [4.69, 9.17) is 18.0 Å². The molecular weight excluding hydrogens is 552 g/mol. The molecule has 1 aromatic heterocycles. The Balaban J connectivity index is 2.74. The van der Waals surface area contributed by atoms with Gasteiger partial charge in [-0.1, -0.05) is 62.3 Å². The quantitative estimate of drug-likeness (QED) is 0.339. The molecule has 0 aliphatic carbocycles. The van der Waals surface area contributed by atoms with Crippen molar-refractivity contribution >= 4 is 25.0 Å². The van der Waals surface area contributed by atoms with Crippen LogP contribution in [-0.4, -0.2) is 59.2 Å². The third-order valence-electron chi connectivity index (χ3n) is 9.35. The van der Waals surface area contributed by atoms with Gasteiger partial charge in [-0.25, -0.2) is 9.18 Å². The molecular formula is C27H53FN2O6Si3. The first-order valence-electron chi connectivity index (χ1n) is 13.8. The zero-order valence-corrected chi connectivity index (χ0v) is 29.9. The van der Waals surface area contributed by atoms with Crippen molar-refractivity contribution in [2.75, 3.05) is 6.61 Å². The molecule has 0 amide bonds. The number of alkyl halides is 1. The number of ether oxygens (including phenoxy) is 1. The van der Waals surface area contributed by atoms with Crippen LogP contribution in [0, 0.1) is 0 Å². The molecule has 1 aromatic rings. The first-order chi connectivity index (χ1) is 17.2. The lowest BCUT2D eigenvalue weighted by molar-refractivity contribution is -0.202. The Morgan fingerprint density at radius 1 is 0.872 bits per heavy atom. The maximum absolute atomic E-state index is 17.4. The molecule has 0 saturated carbocycles. The van der Waals surface area contributed by atoms with Crippen molar-refractivity contribution < 1.29 is 22.4 Å². The van der Waals surface area contributed by atoms with Gasteiger partial charge in [0.15, 0.2) is 31.2 Å². The van der Waals surface area contributed by atoms with Gasteiger partial charge in [0.1, 0.15) is 12.2 Å². The monoisotopic (exact) mass is 604 g/mol. The fourth-order valence-corrected chi connectivity index (χ4v) is 7.03. The molecule has 1 N–H and O–H groups in total. The number of H-pyrrole nitrogens is 1. The highest BCUT2D eigenvalue weighted by molar-refractivity contribution is 6.75. The molecule has 0 radical (unpaired) electrons. The van der Waals surface area contributed by atoms with E-state index in [1.807, 2.05) is 0 Å². The van der Waals surface area contributed by atoms with Crippen molar-refractivity contribution in [1.29, 1.82) is 0 Å². The molecule has 4 atom stereocenters. The fourth-order valence-electron chi connectivity index (χ4n) is 3.47. The highest BCUT2D eigenvalue weighted by atomic mass is 28.4. The molecule has 1 fully saturated rings. The Labute approximate surface area is 237 Å². The van der Waals surface area contributed by atoms with Crippen LogP contribution in [-0.2, 0) is 18.0 Å². The average molecular weight is 605 g/mol. The summed E-state index contributed by atoms with van der Waals surface area (Å²) in [6, 6.07) is 1.22. The standard InChI is InChI=1S/C27H53FN2O6Si3/c1-24(2,3)37(10,11)33-18-27(28)21(36-39(14,15)26(7,8)9)20(35-38(12,13)25(4,5)6)22(34-27)30-17-16-19(31)29-23(30)32/h16-17,20-22H,18H2,1-15H3,(H,29,31,32)/t20-,21+,22-,27-/m1/s1. The van der Waals surface area contributed by atoms with Gasteiger partial charge in [0, 0.05) is 12.3 Å². The second-order valence-electron chi connectivity index (χ2n) is 15.5. The molecule has 2 rings (SSSR count). The van der Waals surface area contributed by atoms with Crippen LogP contribution in [0.4, 0.5) is 4.39 Å². The predicted molar refractivity (Wildman–Crippen MR) is 163 cm³/mol. The van der Waals surface area contributed by atoms with Gasteiger partial charge in [-0.15, -0.1) is 0 Å². The normalized spacial score (nSPS) is 25.8. The number of rotatable bonds is 8. The molecule has 8 nitrogen and oxygen atoms in total. The predicted octanol–water partition coefficient (Wildman–Crippen LogP) is 6.53. The van der Waals surface area contributed by atoms with E-state index in [1.165, 1.54) is 16.8 Å². The highest BCUT2D eigenvalue weighted by Crippen LogP contribution is 2.50. The summed E-state index contributed by atoms with van der Waals surface area (Å²) in [6.07, 6.45) is -1.93. The molecule has 0 spiro atoms. The van der Waals surface area contributed by atoms with Gasteiger partial charge < -0.3 is 18.0 Å². The van der Waals surface area contributed by atoms with Crippen LogP contribution >= 0.6 is 0 Å². The number of nitrogens with one attached hydrogen (secondary N) is 1. The summed E-state index contributed by atoms with van der Waals surface area (Å²) >= 11 is 0. The maximum Gasteiger partial charge on any atom is 0.330 e. The molecule has 1 saturated heterocycles. The van der Waals surface area contributed by atoms with E-state index in [1.54, 1.807) is 0 Å². The average Bonchev–Trinajstić information content (AvgIpc) is 2.95. The molecule has 1 aliphatic heterocycles. The first kappa shape index (κ1) is 34.3. The molecule has 0 aromatic carbocycles. The van der Waals surface area contributed by atoms with Crippen LogP contribution in [0.3, 0.4) is 0 Å². The minimum Gasteiger partial charge on any atom is -0.411 e. The SMILES string of the molecule is CC(C)(C)[Si](C)(C)OC[C@@]1(F)O[C@@H](n2ccc(=O)[nH]c2=O)[C@H](O[Si](C)(C)C(C)(C)C)[C@@H]1O[Si](C)(C)C(C)(C)C.